The van der Waals surface area contributed by atoms with Gasteiger partial charge in [-0.3, -0.25) is 9.78 Å². The van der Waals surface area contributed by atoms with Crippen LogP contribution in [0, 0.1) is 6.92 Å². The maximum Gasteiger partial charge on any atom is 0.255 e. The fourth-order valence-electron chi connectivity index (χ4n) is 3.30. The van der Waals surface area contributed by atoms with Gasteiger partial charge >= 0.3 is 0 Å². The predicted molar refractivity (Wildman–Crippen MR) is 108 cm³/mol. The van der Waals surface area contributed by atoms with Crippen LogP contribution in [0.2, 0.25) is 0 Å². The summed E-state index contributed by atoms with van der Waals surface area (Å²) >= 11 is 1.62. The Kier molecular flexibility index (Phi) is 6.29. The zero-order chi connectivity index (χ0) is 19.4. The van der Waals surface area contributed by atoms with E-state index in [9.17, 15) is 13.2 Å². The minimum absolute atomic E-state index is 0.0346. The van der Waals surface area contributed by atoms with Gasteiger partial charge in [0.2, 0.25) is 10.0 Å². The Morgan fingerprint density at radius 3 is 2.63 bits per heavy atom. The van der Waals surface area contributed by atoms with Crippen LogP contribution in [0.4, 0.5) is 0 Å². The van der Waals surface area contributed by atoms with E-state index in [2.05, 4.69) is 9.71 Å². The summed E-state index contributed by atoms with van der Waals surface area (Å²) in [6.45, 7) is 4.80. The summed E-state index contributed by atoms with van der Waals surface area (Å²) < 4.78 is 26.6. The molecule has 1 N–H and O–H groups in total. The van der Waals surface area contributed by atoms with Crippen molar-refractivity contribution in [1.29, 1.82) is 0 Å². The highest BCUT2D eigenvalue weighted by molar-refractivity contribution is 7.89. The number of rotatable bonds is 6. The van der Waals surface area contributed by atoms with Crippen molar-refractivity contribution in [3.8, 4) is 10.6 Å². The summed E-state index contributed by atoms with van der Waals surface area (Å²) in [5.74, 6) is 0.112. The third kappa shape index (κ3) is 4.94. The number of likely N-dealkylation sites (tertiary alicyclic amines) is 1. The fourth-order valence-corrected chi connectivity index (χ4v) is 5.40. The van der Waals surface area contributed by atoms with Gasteiger partial charge in [-0.2, -0.15) is 0 Å². The van der Waals surface area contributed by atoms with Crippen LogP contribution in [-0.4, -0.2) is 49.1 Å². The molecule has 1 aliphatic heterocycles. The molecule has 0 saturated carbocycles. The zero-order valence-electron chi connectivity index (χ0n) is 15.6. The second-order valence-corrected chi connectivity index (χ2v) is 9.63. The summed E-state index contributed by atoms with van der Waals surface area (Å²) in [7, 11) is -3.22. The Morgan fingerprint density at radius 2 is 2.04 bits per heavy atom. The Balaban J connectivity index is 1.63. The van der Waals surface area contributed by atoms with Crippen LogP contribution in [0.3, 0.4) is 0 Å². The van der Waals surface area contributed by atoms with Crippen molar-refractivity contribution < 1.29 is 13.2 Å². The third-order valence-electron chi connectivity index (χ3n) is 4.69. The van der Waals surface area contributed by atoms with Gasteiger partial charge in [0.05, 0.1) is 27.6 Å². The summed E-state index contributed by atoms with van der Waals surface area (Å²) in [6.07, 6.45) is 1.86. The number of aromatic nitrogens is 1. The average Bonchev–Trinajstić information content (AvgIpc) is 3.16. The number of nitrogens with one attached hydrogen (secondary N) is 1. The van der Waals surface area contributed by atoms with Gasteiger partial charge in [0.15, 0.2) is 0 Å². The van der Waals surface area contributed by atoms with Crippen molar-refractivity contribution >= 4 is 27.3 Å². The number of hydrogen-bond donors (Lipinski definition) is 1. The predicted octanol–water partition coefficient (Wildman–Crippen LogP) is 3.05. The lowest BCUT2D eigenvalue weighted by Gasteiger charge is -2.32. The number of aryl methyl sites for hydroxylation is 1. The number of thiophene rings is 1. The second kappa shape index (κ2) is 8.50. The fraction of sp³-hybridized carbons (Fsp3) is 0.474. The van der Waals surface area contributed by atoms with Crippen molar-refractivity contribution in [2.75, 3.05) is 18.8 Å². The van der Waals surface area contributed by atoms with Crippen LogP contribution >= 0.6 is 11.3 Å². The molecule has 0 aromatic carbocycles. The highest BCUT2D eigenvalue weighted by Crippen LogP contribution is 2.24. The minimum Gasteiger partial charge on any atom is -0.338 e. The lowest BCUT2D eigenvalue weighted by Crippen LogP contribution is -2.47. The van der Waals surface area contributed by atoms with Gasteiger partial charge in [-0.25, -0.2) is 13.1 Å². The van der Waals surface area contributed by atoms with Gasteiger partial charge in [-0.15, -0.1) is 11.3 Å². The van der Waals surface area contributed by atoms with Crippen molar-refractivity contribution in [3.63, 3.8) is 0 Å². The molecule has 8 heteroatoms. The monoisotopic (exact) mass is 407 g/mol. The Labute approximate surface area is 164 Å². The maximum atomic E-state index is 12.9. The van der Waals surface area contributed by atoms with Gasteiger partial charge in [0.25, 0.3) is 5.91 Å². The second-order valence-electron chi connectivity index (χ2n) is 6.81. The van der Waals surface area contributed by atoms with Gasteiger partial charge in [0.1, 0.15) is 0 Å². The largest absolute Gasteiger partial charge is 0.338 e. The SMILES string of the molecule is CCCS(=O)(=O)NC1CCN(C(=O)c2ccc(-c3cccs3)nc2C)CC1. The van der Waals surface area contributed by atoms with E-state index in [1.54, 1.807) is 16.2 Å². The molecule has 146 valence electrons. The first-order chi connectivity index (χ1) is 12.9. The summed E-state index contributed by atoms with van der Waals surface area (Å²) in [5, 5.41) is 2.00. The first-order valence-corrected chi connectivity index (χ1v) is 11.7. The Morgan fingerprint density at radius 1 is 1.30 bits per heavy atom. The molecule has 1 amide bonds. The zero-order valence-corrected chi connectivity index (χ0v) is 17.3. The molecule has 1 fully saturated rings. The molecule has 2 aromatic rings. The highest BCUT2D eigenvalue weighted by Gasteiger charge is 2.27. The minimum atomic E-state index is -3.22. The molecule has 1 aliphatic rings. The first-order valence-electron chi connectivity index (χ1n) is 9.20. The van der Waals surface area contributed by atoms with Crippen LogP contribution < -0.4 is 4.72 Å². The number of nitrogens with zero attached hydrogens (tertiary/aromatic N) is 2. The van der Waals surface area contributed by atoms with Gasteiger partial charge < -0.3 is 4.90 Å². The molecule has 27 heavy (non-hydrogen) atoms. The van der Waals surface area contributed by atoms with E-state index >= 15 is 0 Å². The van der Waals surface area contributed by atoms with Gasteiger partial charge in [0, 0.05) is 19.1 Å². The molecule has 6 nitrogen and oxygen atoms in total. The summed E-state index contributed by atoms with van der Waals surface area (Å²) in [5.41, 5.74) is 2.21. The Bertz CT molecular complexity index is 887. The van der Waals surface area contributed by atoms with Gasteiger partial charge in [-0.1, -0.05) is 13.0 Å². The van der Waals surface area contributed by atoms with Crippen molar-refractivity contribution in [2.24, 2.45) is 0 Å². The molecule has 3 heterocycles. The number of carbonyl (C=O) groups excluding carboxylic acids is 1. The molecule has 3 rings (SSSR count). The maximum absolute atomic E-state index is 12.9. The standard InChI is InChI=1S/C19H25N3O3S2/c1-3-13-27(24,25)21-15-8-10-22(11-9-15)19(23)16-6-7-17(20-14(16)2)18-5-4-12-26-18/h4-7,12,15,21H,3,8-11,13H2,1-2H3. The molecule has 0 bridgehead atoms. The highest BCUT2D eigenvalue weighted by atomic mass is 32.2. The molecular formula is C19H25N3O3S2. The van der Waals surface area contributed by atoms with Gasteiger partial charge in [-0.05, 0) is 49.8 Å². The van der Waals surface area contributed by atoms with Crippen molar-refractivity contribution in [2.45, 2.75) is 39.2 Å². The van der Waals surface area contributed by atoms with E-state index in [0.29, 0.717) is 37.9 Å². The molecular weight excluding hydrogens is 382 g/mol. The van der Waals surface area contributed by atoms with E-state index < -0.39 is 10.0 Å². The van der Waals surface area contributed by atoms with E-state index in [-0.39, 0.29) is 17.7 Å². The van der Waals surface area contributed by atoms with Crippen molar-refractivity contribution in [1.82, 2.24) is 14.6 Å². The number of piperidine rings is 1. The van der Waals surface area contributed by atoms with Crippen LogP contribution in [-0.2, 0) is 10.0 Å². The summed E-state index contributed by atoms with van der Waals surface area (Å²) in [4.78, 5) is 20.3. The number of carbonyl (C=O) groups is 1. The van der Waals surface area contributed by atoms with E-state index in [0.717, 1.165) is 16.3 Å². The lowest BCUT2D eigenvalue weighted by molar-refractivity contribution is 0.0710. The van der Waals surface area contributed by atoms with Crippen LogP contribution in [0.5, 0.6) is 0 Å². The molecule has 0 unspecified atom stereocenters. The van der Waals surface area contributed by atoms with Crippen LogP contribution in [0.15, 0.2) is 29.6 Å². The number of amides is 1. The molecule has 1 saturated heterocycles. The molecule has 0 radical (unpaired) electrons. The molecule has 0 atom stereocenters. The Hall–Kier alpha value is -1.77. The lowest BCUT2D eigenvalue weighted by atomic mass is 10.0. The first kappa shape index (κ1) is 20.0. The summed E-state index contributed by atoms with van der Waals surface area (Å²) in [6, 6.07) is 7.63. The topological polar surface area (TPSA) is 79.4 Å². The van der Waals surface area contributed by atoms with E-state index in [4.69, 9.17) is 0 Å². The van der Waals surface area contributed by atoms with E-state index in [1.807, 2.05) is 43.5 Å². The smallest absolute Gasteiger partial charge is 0.255 e. The number of pyridine rings is 1. The molecule has 0 aliphatic carbocycles. The molecule has 2 aromatic heterocycles. The van der Waals surface area contributed by atoms with E-state index in [1.165, 1.54) is 0 Å². The van der Waals surface area contributed by atoms with Crippen molar-refractivity contribution in [3.05, 3.63) is 40.9 Å². The quantitative estimate of drug-likeness (QED) is 0.798. The van der Waals surface area contributed by atoms with Crippen LogP contribution in [0.1, 0.15) is 42.2 Å². The van der Waals surface area contributed by atoms with Crippen LogP contribution in [0.25, 0.3) is 10.6 Å². The number of hydrogen-bond acceptors (Lipinski definition) is 5. The average molecular weight is 408 g/mol. The normalized spacial score (nSPS) is 15.9. The number of sulfonamides is 1. The molecule has 0 spiro atoms. The third-order valence-corrected chi connectivity index (χ3v) is 7.22.